The smallest absolute Gasteiger partial charge is 0.175 e. The molecule has 0 N–H and O–H groups in total. The van der Waals surface area contributed by atoms with Crippen LogP contribution >= 0.6 is 23.3 Å². The van der Waals surface area contributed by atoms with E-state index >= 15 is 0 Å². The number of unbranched alkanes of at least 4 members (excludes halogenated alkanes) is 1. The number of hydrogen-bond donors (Lipinski definition) is 0. The summed E-state index contributed by atoms with van der Waals surface area (Å²) in [6.45, 7) is 4.90. The topological polar surface area (TPSA) is 39.4 Å². The van der Waals surface area contributed by atoms with E-state index in [1.54, 1.807) is 6.26 Å². The molecule has 0 radical (unpaired) electrons. The molecular formula is C17H23BrO3S. The molecule has 3 nitrogen and oxygen atoms in total. The maximum atomic E-state index is 12.6. The summed E-state index contributed by atoms with van der Waals surface area (Å²) < 4.78 is 11.4. The van der Waals surface area contributed by atoms with Crippen molar-refractivity contribution in [1.82, 2.24) is 0 Å². The predicted octanol–water partition coefficient (Wildman–Crippen LogP) is 5.56. The molecule has 0 aliphatic carbocycles. The zero-order valence-corrected chi connectivity index (χ0v) is 15.8. The van der Waals surface area contributed by atoms with Gasteiger partial charge in [-0.25, -0.2) is 0 Å². The molecule has 1 aromatic heterocycles. The second kappa shape index (κ2) is 7.55. The van der Waals surface area contributed by atoms with Crippen molar-refractivity contribution >= 4 is 40.0 Å². The van der Waals surface area contributed by atoms with Crippen molar-refractivity contribution < 1.29 is 13.9 Å². The molecule has 122 valence electrons. The fourth-order valence-electron chi connectivity index (χ4n) is 2.14. The summed E-state index contributed by atoms with van der Waals surface area (Å²) in [4.78, 5) is 12.6. The first kappa shape index (κ1) is 17.4. The lowest BCUT2D eigenvalue weighted by Gasteiger charge is -2.25. The zero-order chi connectivity index (χ0) is 16.2. The van der Waals surface area contributed by atoms with Gasteiger partial charge >= 0.3 is 0 Å². The standard InChI is InChI=1S/C17H23BrO3S/c1-4-6-10-20-16-11-21-17-13(8-7-9-14(16)17)15(19)12-22(3,18)5-2/h7-9,11H,4-6,10,12H2,1-3H3. The monoisotopic (exact) mass is 386 g/mol. The van der Waals surface area contributed by atoms with Crippen LogP contribution < -0.4 is 4.74 Å². The van der Waals surface area contributed by atoms with E-state index in [0.29, 0.717) is 23.5 Å². The number of carbonyl (C=O) groups excluding carboxylic acids is 1. The zero-order valence-electron chi connectivity index (χ0n) is 13.4. The van der Waals surface area contributed by atoms with Gasteiger partial charge in [0.2, 0.25) is 0 Å². The molecule has 1 heterocycles. The van der Waals surface area contributed by atoms with Crippen LogP contribution in [0.25, 0.3) is 11.0 Å². The van der Waals surface area contributed by atoms with Gasteiger partial charge in [-0.1, -0.05) is 26.3 Å². The third kappa shape index (κ3) is 4.07. The summed E-state index contributed by atoms with van der Waals surface area (Å²) in [5, 5.41) is 0.879. The molecule has 0 amide bonds. The van der Waals surface area contributed by atoms with Crippen molar-refractivity contribution in [3.05, 3.63) is 30.0 Å². The molecule has 5 heteroatoms. The SMILES string of the molecule is CCCCOc1coc2c(C(=O)CS(C)(Br)CC)cccc12. The number of para-hydroxylation sites is 1. The molecule has 2 rings (SSSR count). The van der Waals surface area contributed by atoms with Crippen molar-refractivity contribution in [2.45, 2.75) is 26.7 Å². The Bertz CT molecular complexity index is 648. The van der Waals surface area contributed by atoms with Gasteiger partial charge in [0.05, 0.1) is 17.6 Å². The normalized spacial score (nSPS) is 15.5. The highest BCUT2D eigenvalue weighted by atomic mass is 79.9. The number of ketones is 1. The Balaban J connectivity index is 2.26. The summed E-state index contributed by atoms with van der Waals surface area (Å²) in [5.74, 6) is 2.34. The number of fused-ring (bicyclic) bond motifs is 1. The second-order valence-corrected chi connectivity index (χ2v) is 13.4. The molecular weight excluding hydrogens is 364 g/mol. The number of ether oxygens (including phenoxy) is 1. The number of rotatable bonds is 8. The Kier molecular flexibility index (Phi) is 5.98. The molecule has 0 aliphatic heterocycles. The first-order chi connectivity index (χ1) is 10.5. The highest BCUT2D eigenvalue weighted by molar-refractivity contribution is 9.58. The van der Waals surface area contributed by atoms with Crippen molar-refractivity contribution in [3.8, 4) is 5.75 Å². The summed E-state index contributed by atoms with van der Waals surface area (Å²) in [5.41, 5.74) is 1.28. The third-order valence-electron chi connectivity index (χ3n) is 3.65. The summed E-state index contributed by atoms with van der Waals surface area (Å²) in [7, 11) is -1.06. The van der Waals surface area contributed by atoms with Crippen LogP contribution in [0.4, 0.5) is 0 Å². The number of benzene rings is 1. The van der Waals surface area contributed by atoms with Crippen LogP contribution in [-0.4, -0.2) is 30.2 Å². The van der Waals surface area contributed by atoms with Crippen molar-refractivity contribution in [1.29, 1.82) is 0 Å². The van der Waals surface area contributed by atoms with Gasteiger partial charge in [-0.3, -0.25) is 4.79 Å². The Labute approximate surface area is 140 Å². The molecule has 0 saturated carbocycles. The van der Waals surface area contributed by atoms with E-state index in [9.17, 15) is 4.79 Å². The lowest BCUT2D eigenvalue weighted by atomic mass is 10.1. The highest BCUT2D eigenvalue weighted by Crippen LogP contribution is 2.52. The Morgan fingerprint density at radius 1 is 1.36 bits per heavy atom. The van der Waals surface area contributed by atoms with Gasteiger partial charge in [-0.2, -0.15) is 8.46 Å². The minimum atomic E-state index is -1.06. The minimum Gasteiger partial charge on any atom is -0.490 e. The van der Waals surface area contributed by atoms with Crippen LogP contribution in [0.5, 0.6) is 5.75 Å². The van der Waals surface area contributed by atoms with E-state index in [-0.39, 0.29) is 5.78 Å². The Morgan fingerprint density at radius 2 is 2.14 bits per heavy atom. The molecule has 0 aliphatic rings. The van der Waals surface area contributed by atoms with Gasteiger partial charge in [0, 0.05) is 5.75 Å². The number of furan rings is 1. The Morgan fingerprint density at radius 3 is 2.82 bits per heavy atom. The van der Waals surface area contributed by atoms with Crippen LogP contribution in [0.15, 0.2) is 28.9 Å². The molecule has 22 heavy (non-hydrogen) atoms. The van der Waals surface area contributed by atoms with E-state index in [1.807, 2.05) is 18.2 Å². The quantitative estimate of drug-likeness (QED) is 0.440. The molecule has 0 bridgehead atoms. The molecule has 1 atom stereocenters. The van der Waals surface area contributed by atoms with Crippen LogP contribution in [0.1, 0.15) is 37.0 Å². The van der Waals surface area contributed by atoms with Crippen molar-refractivity contribution in [2.75, 3.05) is 24.4 Å². The first-order valence-electron chi connectivity index (χ1n) is 7.58. The first-order valence-corrected chi connectivity index (χ1v) is 11.8. The van der Waals surface area contributed by atoms with Gasteiger partial charge in [0.15, 0.2) is 11.5 Å². The maximum Gasteiger partial charge on any atom is 0.175 e. The summed E-state index contributed by atoms with van der Waals surface area (Å²) in [6.07, 6.45) is 5.82. The number of carbonyl (C=O) groups is 1. The van der Waals surface area contributed by atoms with E-state index < -0.39 is 8.46 Å². The number of hydrogen-bond acceptors (Lipinski definition) is 3. The Hall–Kier alpha value is -0.940. The fourth-order valence-corrected chi connectivity index (χ4v) is 3.67. The van der Waals surface area contributed by atoms with Crippen LogP contribution in [0.3, 0.4) is 0 Å². The predicted molar refractivity (Wildman–Crippen MR) is 98.8 cm³/mol. The minimum absolute atomic E-state index is 0.122. The second-order valence-electron chi connectivity index (χ2n) is 5.49. The van der Waals surface area contributed by atoms with Gasteiger partial charge < -0.3 is 9.15 Å². The highest BCUT2D eigenvalue weighted by Gasteiger charge is 2.21. The van der Waals surface area contributed by atoms with Gasteiger partial charge in [0.25, 0.3) is 0 Å². The largest absolute Gasteiger partial charge is 0.490 e. The third-order valence-corrected chi connectivity index (χ3v) is 7.78. The van der Waals surface area contributed by atoms with Crippen molar-refractivity contribution in [3.63, 3.8) is 0 Å². The van der Waals surface area contributed by atoms with E-state index in [2.05, 4.69) is 34.9 Å². The van der Waals surface area contributed by atoms with Gasteiger partial charge in [-0.15, -0.1) is 0 Å². The summed E-state index contributed by atoms with van der Waals surface area (Å²) >= 11 is 3.70. The fraction of sp³-hybridized carbons (Fsp3) is 0.471. The molecule has 0 fully saturated rings. The van der Waals surface area contributed by atoms with Crippen LogP contribution in [-0.2, 0) is 0 Å². The maximum absolute atomic E-state index is 12.6. The van der Waals surface area contributed by atoms with E-state index in [4.69, 9.17) is 9.15 Å². The summed E-state index contributed by atoms with van der Waals surface area (Å²) in [6, 6.07) is 5.67. The van der Waals surface area contributed by atoms with E-state index in [0.717, 1.165) is 29.7 Å². The molecule has 0 spiro atoms. The van der Waals surface area contributed by atoms with Crippen molar-refractivity contribution in [2.24, 2.45) is 0 Å². The van der Waals surface area contributed by atoms with Crippen LogP contribution in [0, 0.1) is 0 Å². The average molecular weight is 387 g/mol. The van der Waals surface area contributed by atoms with Crippen LogP contribution in [0.2, 0.25) is 0 Å². The van der Waals surface area contributed by atoms with E-state index in [1.165, 1.54) is 0 Å². The molecule has 0 saturated heterocycles. The molecule has 1 unspecified atom stereocenters. The molecule has 1 aromatic carbocycles. The lowest BCUT2D eigenvalue weighted by molar-refractivity contribution is 0.102. The van der Waals surface area contributed by atoms with Gasteiger partial charge in [-0.05, 0) is 45.4 Å². The molecule has 2 aromatic rings. The average Bonchev–Trinajstić information content (AvgIpc) is 2.90. The van der Waals surface area contributed by atoms with Gasteiger partial charge in [0.1, 0.15) is 11.8 Å². The number of halogens is 1. The number of Topliss-reactive ketones (excluding diaryl/α,β-unsaturated/α-hetero) is 1. The lowest BCUT2D eigenvalue weighted by Crippen LogP contribution is -2.11.